The zero-order chi connectivity index (χ0) is 20.2. The van der Waals surface area contributed by atoms with Crippen molar-refractivity contribution in [1.82, 2.24) is 0 Å². The van der Waals surface area contributed by atoms with Crippen molar-refractivity contribution in [3.8, 4) is 0 Å². The summed E-state index contributed by atoms with van der Waals surface area (Å²) in [4.78, 5) is 12.8. The summed E-state index contributed by atoms with van der Waals surface area (Å²) in [5.74, 6) is 0.0467. The highest BCUT2D eigenvalue weighted by molar-refractivity contribution is 5.76. The first-order chi connectivity index (χ1) is 13.7. The van der Waals surface area contributed by atoms with Gasteiger partial charge in [-0.3, -0.25) is 4.79 Å². The van der Waals surface area contributed by atoms with E-state index in [0.717, 1.165) is 0 Å². The summed E-state index contributed by atoms with van der Waals surface area (Å²) in [7, 11) is 1.38. The lowest BCUT2D eigenvalue weighted by atomic mass is 10.1. The quantitative estimate of drug-likeness (QED) is 0.593. The Bertz CT molecular complexity index is 714. The van der Waals surface area contributed by atoms with E-state index in [1.807, 2.05) is 25.1 Å². The Kier molecular flexibility index (Phi) is 8.76. The number of hydrogen-bond donors (Lipinski definition) is 1. The number of nitrogens with zero attached hydrogens (tertiary/aromatic N) is 1. The van der Waals surface area contributed by atoms with E-state index in [4.69, 9.17) is 5.73 Å². The normalized spacial score (nSPS) is 11.0. The van der Waals surface area contributed by atoms with Crippen LogP contribution in [0, 0.1) is 5.92 Å². The molecule has 0 aromatic heterocycles. The molecular formula is C24H28N2O2. The van der Waals surface area contributed by atoms with E-state index in [1.54, 1.807) is 0 Å². The van der Waals surface area contributed by atoms with Crippen molar-refractivity contribution < 1.29 is 9.53 Å². The first-order valence-corrected chi connectivity index (χ1v) is 9.38. The molecule has 3 rings (SSSR count). The van der Waals surface area contributed by atoms with Gasteiger partial charge in [-0.1, -0.05) is 61.5 Å². The monoisotopic (exact) mass is 376 g/mol. The summed E-state index contributed by atoms with van der Waals surface area (Å²) >= 11 is 0. The minimum absolute atomic E-state index is 0.187. The fraction of sp³-hybridized carbons (Fsp3) is 0.208. The molecule has 0 aliphatic heterocycles. The van der Waals surface area contributed by atoms with Crippen LogP contribution < -0.4 is 10.6 Å². The Morgan fingerprint density at radius 1 is 0.821 bits per heavy atom. The molecule has 0 saturated carbocycles. The van der Waals surface area contributed by atoms with Crippen molar-refractivity contribution in [3.63, 3.8) is 0 Å². The van der Waals surface area contributed by atoms with Gasteiger partial charge in [0.05, 0.1) is 7.11 Å². The van der Waals surface area contributed by atoms with E-state index in [2.05, 4.69) is 82.4 Å². The number of nitrogens with two attached hydrogens (primary N) is 1. The van der Waals surface area contributed by atoms with Gasteiger partial charge in [0.25, 0.3) is 0 Å². The average molecular weight is 377 g/mol. The zero-order valence-corrected chi connectivity index (χ0v) is 16.5. The molecule has 3 aromatic carbocycles. The second-order valence-electron chi connectivity index (χ2n) is 6.46. The lowest BCUT2D eigenvalue weighted by Gasteiger charge is -2.25. The van der Waals surface area contributed by atoms with Gasteiger partial charge in [-0.25, -0.2) is 0 Å². The Morgan fingerprint density at radius 2 is 1.18 bits per heavy atom. The molecule has 2 N–H and O–H groups in total. The number of methoxy groups -OCH3 is 1. The lowest BCUT2D eigenvalue weighted by Crippen LogP contribution is -2.15. The number of rotatable bonds is 6. The molecule has 0 heterocycles. The van der Waals surface area contributed by atoms with Gasteiger partial charge in [0.15, 0.2) is 0 Å². The minimum Gasteiger partial charge on any atom is -0.469 e. The third-order valence-electron chi connectivity index (χ3n) is 4.19. The number of anilines is 3. The Labute approximate surface area is 167 Å². The molecule has 0 bridgehead atoms. The topological polar surface area (TPSA) is 55.6 Å². The van der Waals surface area contributed by atoms with E-state index in [0.29, 0.717) is 13.0 Å². The molecule has 0 saturated heterocycles. The molecule has 0 radical (unpaired) electrons. The highest BCUT2D eigenvalue weighted by Gasteiger charge is 2.10. The van der Waals surface area contributed by atoms with Gasteiger partial charge >= 0.3 is 5.97 Å². The van der Waals surface area contributed by atoms with Crippen LogP contribution in [-0.4, -0.2) is 19.6 Å². The maximum Gasteiger partial charge on any atom is 0.305 e. The smallest absolute Gasteiger partial charge is 0.305 e. The Balaban J connectivity index is 0.000000266. The van der Waals surface area contributed by atoms with Gasteiger partial charge in [-0.15, -0.1) is 0 Å². The predicted octanol–water partition coefficient (Wildman–Crippen LogP) is 5.30. The molecule has 1 atom stereocenters. The molecule has 0 aliphatic carbocycles. The van der Waals surface area contributed by atoms with Crippen LogP contribution in [0.25, 0.3) is 0 Å². The number of carbonyl (C=O) groups is 1. The number of hydrogen-bond acceptors (Lipinski definition) is 4. The molecule has 0 amide bonds. The van der Waals surface area contributed by atoms with E-state index in [9.17, 15) is 4.79 Å². The molecule has 1 unspecified atom stereocenters. The number of esters is 1. The summed E-state index contributed by atoms with van der Waals surface area (Å²) in [5.41, 5.74) is 8.77. The van der Waals surface area contributed by atoms with Crippen molar-refractivity contribution >= 4 is 23.0 Å². The molecule has 0 aliphatic rings. The van der Waals surface area contributed by atoms with Crippen LogP contribution >= 0.6 is 0 Å². The maximum absolute atomic E-state index is 10.5. The Hall–Kier alpha value is -3.11. The third kappa shape index (κ3) is 6.56. The second kappa shape index (κ2) is 11.6. The largest absolute Gasteiger partial charge is 0.469 e. The van der Waals surface area contributed by atoms with E-state index < -0.39 is 0 Å². The number of para-hydroxylation sites is 3. The summed E-state index contributed by atoms with van der Waals surface area (Å²) < 4.78 is 4.43. The predicted molar refractivity (Wildman–Crippen MR) is 116 cm³/mol. The molecule has 146 valence electrons. The minimum atomic E-state index is -0.187. The van der Waals surface area contributed by atoms with Crippen LogP contribution in [0.4, 0.5) is 17.1 Å². The van der Waals surface area contributed by atoms with Crippen molar-refractivity contribution in [2.24, 2.45) is 11.7 Å². The summed E-state index contributed by atoms with van der Waals surface area (Å²) in [6.07, 6.45) is 0.424. The van der Waals surface area contributed by atoms with Gasteiger partial charge in [0.1, 0.15) is 0 Å². The first-order valence-electron chi connectivity index (χ1n) is 9.38. The highest BCUT2D eigenvalue weighted by atomic mass is 16.5. The van der Waals surface area contributed by atoms with Crippen LogP contribution in [0.3, 0.4) is 0 Å². The first kappa shape index (κ1) is 21.2. The average Bonchev–Trinajstić information content (AvgIpc) is 2.76. The fourth-order valence-corrected chi connectivity index (χ4v) is 2.63. The number of ether oxygens (including phenoxy) is 1. The van der Waals surface area contributed by atoms with E-state index in [1.165, 1.54) is 24.2 Å². The molecular weight excluding hydrogens is 348 g/mol. The summed E-state index contributed by atoms with van der Waals surface area (Å²) in [6.45, 7) is 2.45. The zero-order valence-electron chi connectivity index (χ0n) is 16.5. The Morgan fingerprint density at radius 3 is 1.46 bits per heavy atom. The summed E-state index contributed by atoms with van der Waals surface area (Å²) in [5, 5.41) is 0. The third-order valence-corrected chi connectivity index (χ3v) is 4.19. The highest BCUT2D eigenvalue weighted by Crippen LogP contribution is 2.33. The standard InChI is InChI=1S/C18H15N.C6H13NO2/c1-4-10-16(11-5-1)19(17-12-6-2-7-13-17)18-14-8-3-9-15-18;1-5(4-7)3-6(8)9-2/h1-15H;5H,3-4,7H2,1-2H3. The van der Waals surface area contributed by atoms with Crippen molar-refractivity contribution in [2.45, 2.75) is 13.3 Å². The molecule has 0 spiro atoms. The van der Waals surface area contributed by atoms with Crippen molar-refractivity contribution in [2.75, 3.05) is 18.6 Å². The van der Waals surface area contributed by atoms with E-state index >= 15 is 0 Å². The van der Waals surface area contributed by atoms with Crippen LogP contribution in [0.15, 0.2) is 91.0 Å². The molecule has 4 heteroatoms. The van der Waals surface area contributed by atoms with Crippen LogP contribution in [0.2, 0.25) is 0 Å². The summed E-state index contributed by atoms with van der Waals surface area (Å²) in [6, 6.07) is 31.3. The van der Waals surface area contributed by atoms with Gasteiger partial charge in [-0.2, -0.15) is 0 Å². The maximum atomic E-state index is 10.5. The van der Waals surface area contributed by atoms with Gasteiger partial charge in [-0.05, 0) is 48.9 Å². The van der Waals surface area contributed by atoms with Crippen LogP contribution in [0.1, 0.15) is 13.3 Å². The van der Waals surface area contributed by atoms with Crippen LogP contribution in [0.5, 0.6) is 0 Å². The molecule has 4 nitrogen and oxygen atoms in total. The van der Waals surface area contributed by atoms with Crippen molar-refractivity contribution in [1.29, 1.82) is 0 Å². The van der Waals surface area contributed by atoms with Crippen LogP contribution in [-0.2, 0) is 9.53 Å². The van der Waals surface area contributed by atoms with E-state index in [-0.39, 0.29) is 11.9 Å². The molecule has 0 fully saturated rings. The second-order valence-corrected chi connectivity index (χ2v) is 6.46. The van der Waals surface area contributed by atoms with Gasteiger partial charge in [0, 0.05) is 23.5 Å². The number of carbonyl (C=O) groups excluding carboxylic acids is 1. The van der Waals surface area contributed by atoms with Crippen molar-refractivity contribution in [3.05, 3.63) is 91.0 Å². The molecule has 28 heavy (non-hydrogen) atoms. The van der Waals surface area contributed by atoms with Gasteiger partial charge < -0.3 is 15.4 Å². The lowest BCUT2D eigenvalue weighted by molar-refractivity contribution is -0.141. The fourth-order valence-electron chi connectivity index (χ4n) is 2.63. The van der Waals surface area contributed by atoms with Gasteiger partial charge in [0.2, 0.25) is 0 Å². The number of benzene rings is 3. The SMILES string of the molecule is COC(=O)CC(C)CN.c1ccc(N(c2ccccc2)c2ccccc2)cc1. The molecule has 3 aromatic rings.